The van der Waals surface area contributed by atoms with Gasteiger partial charge in [-0.25, -0.2) is 13.1 Å². The molecule has 1 saturated carbocycles. The minimum absolute atomic E-state index is 0.0743. The van der Waals surface area contributed by atoms with E-state index in [2.05, 4.69) is 4.72 Å². The van der Waals surface area contributed by atoms with Crippen molar-refractivity contribution >= 4 is 33.0 Å². The number of thiophene rings is 1. The molecule has 0 atom stereocenters. The van der Waals surface area contributed by atoms with Crippen molar-refractivity contribution in [3.63, 3.8) is 0 Å². The molecule has 0 spiro atoms. The summed E-state index contributed by atoms with van der Waals surface area (Å²) in [5.41, 5.74) is -0.912. The van der Waals surface area contributed by atoms with Crippen molar-refractivity contribution in [3.8, 4) is 0 Å². The number of hydrogen-bond donors (Lipinski definition) is 2. The van der Waals surface area contributed by atoms with Gasteiger partial charge in [0.05, 0.1) is 9.94 Å². The van der Waals surface area contributed by atoms with E-state index in [9.17, 15) is 13.5 Å². The first kappa shape index (κ1) is 15.3. The van der Waals surface area contributed by atoms with Crippen molar-refractivity contribution < 1.29 is 13.5 Å². The summed E-state index contributed by atoms with van der Waals surface area (Å²) in [6.45, 7) is 0.0743. The Balaban J connectivity index is 2.01. The van der Waals surface area contributed by atoms with Crippen molar-refractivity contribution in [2.24, 2.45) is 0 Å². The Morgan fingerprint density at radius 3 is 2.42 bits per heavy atom. The lowest BCUT2D eigenvalue weighted by molar-refractivity contribution is 0.0303. The van der Waals surface area contributed by atoms with Crippen LogP contribution in [0.15, 0.2) is 16.3 Å². The van der Waals surface area contributed by atoms with E-state index in [0.29, 0.717) is 17.2 Å². The molecule has 1 fully saturated rings. The van der Waals surface area contributed by atoms with Crippen LogP contribution in [0, 0.1) is 0 Å². The lowest BCUT2D eigenvalue weighted by Gasteiger charge is -2.26. The highest BCUT2D eigenvalue weighted by molar-refractivity contribution is 7.91. The van der Waals surface area contributed by atoms with E-state index in [4.69, 9.17) is 11.6 Å². The van der Waals surface area contributed by atoms with Crippen LogP contribution in [0.5, 0.6) is 0 Å². The molecule has 19 heavy (non-hydrogen) atoms. The number of nitrogens with one attached hydrogen (secondary N) is 1. The van der Waals surface area contributed by atoms with Gasteiger partial charge in [-0.2, -0.15) is 0 Å². The molecular formula is C12H18ClNO3S2. The van der Waals surface area contributed by atoms with Crippen LogP contribution >= 0.6 is 22.9 Å². The number of halogens is 1. The second-order valence-corrected chi connectivity index (χ2v) is 8.73. The van der Waals surface area contributed by atoms with Crippen molar-refractivity contribution in [2.45, 2.75) is 48.3 Å². The third kappa shape index (κ3) is 4.16. The van der Waals surface area contributed by atoms with Crippen LogP contribution in [-0.4, -0.2) is 25.7 Å². The van der Waals surface area contributed by atoms with Crippen LogP contribution in [0.2, 0.25) is 4.34 Å². The van der Waals surface area contributed by atoms with Crippen molar-refractivity contribution in [3.05, 3.63) is 16.5 Å². The third-order valence-corrected chi connectivity index (χ3v) is 6.56. The highest BCUT2D eigenvalue weighted by Crippen LogP contribution is 2.28. The van der Waals surface area contributed by atoms with Gasteiger partial charge < -0.3 is 5.11 Å². The van der Waals surface area contributed by atoms with E-state index in [-0.39, 0.29) is 10.8 Å². The standard InChI is InChI=1S/C12H18ClNO3S2/c13-10-5-6-11(18-10)19(16,17)14-9-12(15)7-3-1-2-4-8-12/h5-6,14-15H,1-4,7-9H2. The van der Waals surface area contributed by atoms with E-state index < -0.39 is 15.6 Å². The molecule has 0 bridgehead atoms. The largest absolute Gasteiger partial charge is 0.389 e. The fraction of sp³-hybridized carbons (Fsp3) is 0.667. The zero-order valence-corrected chi connectivity index (χ0v) is 13.0. The summed E-state index contributed by atoms with van der Waals surface area (Å²) >= 11 is 6.76. The van der Waals surface area contributed by atoms with Crippen molar-refractivity contribution in [1.29, 1.82) is 0 Å². The smallest absolute Gasteiger partial charge is 0.250 e. The zero-order valence-electron chi connectivity index (χ0n) is 10.6. The molecule has 0 radical (unpaired) electrons. The molecule has 0 saturated heterocycles. The lowest BCUT2D eigenvalue weighted by Crippen LogP contribution is -2.42. The summed E-state index contributed by atoms with van der Waals surface area (Å²) in [5, 5.41) is 10.4. The second kappa shape index (κ2) is 6.10. The predicted molar refractivity (Wildman–Crippen MR) is 77.2 cm³/mol. The van der Waals surface area contributed by atoms with Gasteiger partial charge in [-0.1, -0.05) is 37.3 Å². The molecule has 7 heteroatoms. The van der Waals surface area contributed by atoms with Crippen LogP contribution in [0.1, 0.15) is 38.5 Å². The molecule has 2 N–H and O–H groups in total. The molecule has 1 aromatic heterocycles. The number of hydrogen-bond acceptors (Lipinski definition) is 4. The number of sulfonamides is 1. The van der Waals surface area contributed by atoms with Gasteiger partial charge in [-0.15, -0.1) is 11.3 Å². The maximum absolute atomic E-state index is 12.0. The third-order valence-electron chi connectivity index (χ3n) is 3.44. The first-order chi connectivity index (χ1) is 8.91. The summed E-state index contributed by atoms with van der Waals surface area (Å²) in [4.78, 5) is 0. The number of aliphatic hydroxyl groups is 1. The highest BCUT2D eigenvalue weighted by atomic mass is 35.5. The summed E-state index contributed by atoms with van der Waals surface area (Å²) in [6, 6.07) is 3.04. The molecule has 1 heterocycles. The summed E-state index contributed by atoms with van der Waals surface area (Å²) in [6.07, 6.45) is 5.42. The summed E-state index contributed by atoms with van der Waals surface area (Å²) < 4.78 is 27.2. The van der Waals surface area contributed by atoms with E-state index in [0.717, 1.165) is 37.0 Å². The molecule has 0 amide bonds. The second-order valence-electron chi connectivity index (χ2n) is 5.02. The Hall–Kier alpha value is -0.140. The van der Waals surface area contributed by atoms with Crippen LogP contribution in [0.25, 0.3) is 0 Å². The molecule has 1 aliphatic carbocycles. The van der Waals surface area contributed by atoms with Crippen LogP contribution in [0.3, 0.4) is 0 Å². The molecule has 1 aromatic rings. The Morgan fingerprint density at radius 2 is 1.89 bits per heavy atom. The first-order valence-electron chi connectivity index (χ1n) is 6.39. The van der Waals surface area contributed by atoms with Crippen LogP contribution < -0.4 is 4.72 Å². The van der Waals surface area contributed by atoms with Gasteiger partial charge in [0.2, 0.25) is 10.0 Å². The predicted octanol–water partition coefficient (Wildman–Crippen LogP) is 2.77. The average Bonchev–Trinajstić information content (AvgIpc) is 2.68. The topological polar surface area (TPSA) is 66.4 Å². The highest BCUT2D eigenvalue weighted by Gasteiger charge is 2.30. The van der Waals surface area contributed by atoms with Gasteiger partial charge in [-0.3, -0.25) is 0 Å². The van der Waals surface area contributed by atoms with Gasteiger partial charge in [0.1, 0.15) is 4.21 Å². The normalized spacial score (nSPS) is 20.1. The van der Waals surface area contributed by atoms with Gasteiger partial charge in [0.25, 0.3) is 0 Å². The Labute approximate surface area is 122 Å². The quantitative estimate of drug-likeness (QED) is 0.837. The van der Waals surface area contributed by atoms with E-state index >= 15 is 0 Å². The fourth-order valence-corrected chi connectivity index (χ4v) is 4.95. The summed E-state index contributed by atoms with van der Waals surface area (Å²) in [5.74, 6) is 0. The molecule has 108 valence electrons. The molecule has 1 aliphatic rings. The van der Waals surface area contributed by atoms with Crippen molar-refractivity contribution in [1.82, 2.24) is 4.72 Å². The SMILES string of the molecule is O=S(=O)(NCC1(O)CCCCCC1)c1ccc(Cl)s1. The van der Waals surface area contributed by atoms with E-state index in [1.165, 1.54) is 6.07 Å². The maximum Gasteiger partial charge on any atom is 0.250 e. The van der Waals surface area contributed by atoms with Gasteiger partial charge in [-0.05, 0) is 25.0 Å². The molecule has 4 nitrogen and oxygen atoms in total. The fourth-order valence-electron chi connectivity index (χ4n) is 2.31. The number of rotatable bonds is 4. The minimum atomic E-state index is -3.56. The molecule has 0 aromatic carbocycles. The molecular weight excluding hydrogens is 306 g/mol. The molecule has 2 rings (SSSR count). The van der Waals surface area contributed by atoms with Gasteiger partial charge in [0, 0.05) is 6.54 Å². The average molecular weight is 324 g/mol. The van der Waals surface area contributed by atoms with Crippen molar-refractivity contribution in [2.75, 3.05) is 6.54 Å². The zero-order chi connectivity index (χ0) is 13.9. The van der Waals surface area contributed by atoms with Gasteiger partial charge >= 0.3 is 0 Å². The Kier molecular flexibility index (Phi) is 4.89. The van der Waals surface area contributed by atoms with Gasteiger partial charge in [0.15, 0.2) is 0 Å². The lowest BCUT2D eigenvalue weighted by atomic mass is 9.95. The van der Waals surface area contributed by atoms with E-state index in [1.54, 1.807) is 6.07 Å². The monoisotopic (exact) mass is 323 g/mol. The minimum Gasteiger partial charge on any atom is -0.389 e. The Bertz CT molecular complexity index is 519. The van der Waals surface area contributed by atoms with E-state index in [1.807, 2.05) is 0 Å². The Morgan fingerprint density at radius 1 is 1.26 bits per heavy atom. The van der Waals surface area contributed by atoms with Crippen LogP contribution in [0.4, 0.5) is 0 Å². The molecule has 0 unspecified atom stereocenters. The maximum atomic E-state index is 12.0. The van der Waals surface area contributed by atoms with Crippen LogP contribution in [-0.2, 0) is 10.0 Å². The first-order valence-corrected chi connectivity index (χ1v) is 9.06. The summed E-state index contributed by atoms with van der Waals surface area (Å²) in [7, 11) is -3.56. The molecule has 0 aliphatic heterocycles.